The number of rotatable bonds is 3. The van der Waals surface area contributed by atoms with Crippen molar-refractivity contribution < 1.29 is 5.11 Å². The van der Waals surface area contributed by atoms with Crippen LogP contribution in [-0.2, 0) is 13.0 Å². The Bertz CT molecular complexity index is 363. The summed E-state index contributed by atoms with van der Waals surface area (Å²) in [4.78, 5) is 6.79. The number of β-amino-alcohol motifs (C(OH)–C–C–N with tert-alkyl or cyclic N) is 1. The fourth-order valence-electron chi connectivity index (χ4n) is 2.16. The van der Waals surface area contributed by atoms with Crippen LogP contribution in [0.25, 0.3) is 0 Å². The van der Waals surface area contributed by atoms with E-state index in [1.54, 1.807) is 0 Å². The van der Waals surface area contributed by atoms with E-state index in [9.17, 15) is 0 Å². The molecule has 1 aliphatic rings. The van der Waals surface area contributed by atoms with Gasteiger partial charge in [-0.05, 0) is 29.5 Å². The molecule has 1 aromatic rings. The number of aliphatic hydroxyl groups is 1. The van der Waals surface area contributed by atoms with Gasteiger partial charge in [-0.2, -0.15) is 0 Å². The molecule has 0 amide bonds. The monoisotopic (exact) mass is 220 g/mol. The lowest BCUT2D eigenvalue weighted by Gasteiger charge is -2.28. The second-order valence-corrected chi connectivity index (χ2v) is 4.78. The first-order valence-corrected chi connectivity index (χ1v) is 6.01. The SMILES string of the molecule is CC(C)c1cc2c(cn1)CCN(CCO)C2. The van der Waals surface area contributed by atoms with E-state index in [-0.39, 0.29) is 6.61 Å². The molecule has 0 saturated carbocycles. The summed E-state index contributed by atoms with van der Waals surface area (Å²) in [6.07, 6.45) is 3.08. The van der Waals surface area contributed by atoms with E-state index in [0.717, 1.165) is 26.1 Å². The summed E-state index contributed by atoms with van der Waals surface area (Å²) in [6.45, 7) is 7.36. The minimum Gasteiger partial charge on any atom is -0.395 e. The highest BCUT2D eigenvalue weighted by atomic mass is 16.3. The van der Waals surface area contributed by atoms with Crippen molar-refractivity contribution in [3.63, 3.8) is 0 Å². The molecule has 88 valence electrons. The summed E-state index contributed by atoms with van der Waals surface area (Å²) in [5.41, 5.74) is 3.93. The molecule has 0 radical (unpaired) electrons. The van der Waals surface area contributed by atoms with E-state index in [0.29, 0.717) is 5.92 Å². The topological polar surface area (TPSA) is 36.4 Å². The number of aliphatic hydroxyl groups excluding tert-OH is 1. The summed E-state index contributed by atoms with van der Waals surface area (Å²) >= 11 is 0. The first kappa shape index (κ1) is 11.6. The molecule has 0 atom stereocenters. The van der Waals surface area contributed by atoms with Gasteiger partial charge in [0.1, 0.15) is 0 Å². The first-order valence-electron chi connectivity index (χ1n) is 6.01. The van der Waals surface area contributed by atoms with Gasteiger partial charge in [0.05, 0.1) is 6.61 Å². The number of pyridine rings is 1. The third kappa shape index (κ3) is 2.42. The molecular weight excluding hydrogens is 200 g/mol. The molecule has 2 heterocycles. The van der Waals surface area contributed by atoms with Crippen LogP contribution in [0, 0.1) is 0 Å². The summed E-state index contributed by atoms with van der Waals surface area (Å²) in [5, 5.41) is 8.96. The number of fused-ring (bicyclic) bond motifs is 1. The van der Waals surface area contributed by atoms with Crippen molar-refractivity contribution in [2.45, 2.75) is 32.7 Å². The zero-order valence-corrected chi connectivity index (χ0v) is 10.1. The Hall–Kier alpha value is -0.930. The van der Waals surface area contributed by atoms with Crippen molar-refractivity contribution in [2.75, 3.05) is 19.7 Å². The van der Waals surface area contributed by atoms with Crippen LogP contribution < -0.4 is 0 Å². The second kappa shape index (κ2) is 4.93. The standard InChI is InChI=1S/C13H20N2O/c1-10(2)13-7-12-9-15(5-6-16)4-3-11(12)8-14-13/h7-8,10,16H,3-6,9H2,1-2H3. The molecule has 0 aromatic carbocycles. The molecule has 0 unspecified atom stereocenters. The highest BCUT2D eigenvalue weighted by Gasteiger charge is 2.16. The van der Waals surface area contributed by atoms with Crippen LogP contribution in [0.1, 0.15) is 36.6 Å². The average Bonchev–Trinajstić information content (AvgIpc) is 2.28. The Kier molecular flexibility index (Phi) is 3.56. The maximum absolute atomic E-state index is 8.96. The third-order valence-electron chi connectivity index (χ3n) is 3.20. The van der Waals surface area contributed by atoms with E-state index in [1.165, 1.54) is 16.8 Å². The summed E-state index contributed by atoms with van der Waals surface area (Å²) in [7, 11) is 0. The highest BCUT2D eigenvalue weighted by Crippen LogP contribution is 2.21. The van der Waals surface area contributed by atoms with Crippen LogP contribution in [0.5, 0.6) is 0 Å². The van der Waals surface area contributed by atoms with Crippen LogP contribution in [-0.4, -0.2) is 34.7 Å². The van der Waals surface area contributed by atoms with Crippen molar-refractivity contribution in [1.29, 1.82) is 0 Å². The number of hydrogen-bond donors (Lipinski definition) is 1. The Balaban J connectivity index is 2.18. The Morgan fingerprint density at radius 2 is 2.25 bits per heavy atom. The van der Waals surface area contributed by atoms with Crippen LogP contribution in [0.15, 0.2) is 12.3 Å². The highest BCUT2D eigenvalue weighted by molar-refractivity contribution is 5.29. The lowest BCUT2D eigenvalue weighted by atomic mass is 9.98. The second-order valence-electron chi connectivity index (χ2n) is 4.78. The fraction of sp³-hybridized carbons (Fsp3) is 0.615. The van der Waals surface area contributed by atoms with Gasteiger partial charge in [-0.25, -0.2) is 0 Å². The van der Waals surface area contributed by atoms with Crippen molar-refractivity contribution in [3.8, 4) is 0 Å². The van der Waals surface area contributed by atoms with Gasteiger partial charge in [0.2, 0.25) is 0 Å². The van der Waals surface area contributed by atoms with Crippen molar-refractivity contribution in [3.05, 3.63) is 29.1 Å². The van der Waals surface area contributed by atoms with Gasteiger partial charge < -0.3 is 5.11 Å². The van der Waals surface area contributed by atoms with Crippen molar-refractivity contribution in [2.24, 2.45) is 0 Å². The maximum atomic E-state index is 8.96. The minimum absolute atomic E-state index is 0.247. The van der Waals surface area contributed by atoms with Gasteiger partial charge in [-0.1, -0.05) is 13.8 Å². The van der Waals surface area contributed by atoms with E-state index >= 15 is 0 Å². The number of hydrogen-bond acceptors (Lipinski definition) is 3. The zero-order chi connectivity index (χ0) is 11.5. The molecule has 16 heavy (non-hydrogen) atoms. The minimum atomic E-state index is 0.247. The Morgan fingerprint density at radius 1 is 1.44 bits per heavy atom. The van der Waals surface area contributed by atoms with Crippen LogP contribution >= 0.6 is 0 Å². The molecule has 1 aromatic heterocycles. The molecule has 0 aliphatic carbocycles. The van der Waals surface area contributed by atoms with E-state index in [1.807, 2.05) is 6.20 Å². The summed E-state index contributed by atoms with van der Waals surface area (Å²) in [6, 6.07) is 2.23. The van der Waals surface area contributed by atoms with Gasteiger partial charge >= 0.3 is 0 Å². The van der Waals surface area contributed by atoms with Crippen LogP contribution in [0.3, 0.4) is 0 Å². The van der Waals surface area contributed by atoms with E-state index in [4.69, 9.17) is 5.11 Å². The maximum Gasteiger partial charge on any atom is 0.0558 e. The Morgan fingerprint density at radius 3 is 2.94 bits per heavy atom. The zero-order valence-electron chi connectivity index (χ0n) is 10.1. The molecule has 0 spiro atoms. The van der Waals surface area contributed by atoms with Crippen molar-refractivity contribution in [1.82, 2.24) is 9.88 Å². The quantitative estimate of drug-likeness (QED) is 0.839. The number of aromatic nitrogens is 1. The molecule has 0 bridgehead atoms. The predicted molar refractivity (Wildman–Crippen MR) is 64.4 cm³/mol. The van der Waals surface area contributed by atoms with Gasteiger partial charge in [-0.15, -0.1) is 0 Å². The van der Waals surface area contributed by atoms with Crippen molar-refractivity contribution >= 4 is 0 Å². The molecule has 2 rings (SSSR count). The molecule has 1 aliphatic heterocycles. The first-order chi connectivity index (χ1) is 7.70. The smallest absolute Gasteiger partial charge is 0.0558 e. The van der Waals surface area contributed by atoms with Gasteiger partial charge in [0.25, 0.3) is 0 Å². The lowest BCUT2D eigenvalue weighted by Crippen LogP contribution is -2.33. The molecule has 3 nitrogen and oxygen atoms in total. The molecule has 0 saturated heterocycles. The molecular formula is C13H20N2O. The van der Waals surface area contributed by atoms with Gasteiger partial charge in [-0.3, -0.25) is 9.88 Å². The van der Waals surface area contributed by atoms with E-state index in [2.05, 4.69) is 29.8 Å². The molecule has 3 heteroatoms. The van der Waals surface area contributed by atoms with Crippen LogP contribution in [0.2, 0.25) is 0 Å². The fourth-order valence-corrected chi connectivity index (χ4v) is 2.16. The Labute approximate surface area is 97.1 Å². The normalized spacial score (nSPS) is 16.5. The van der Waals surface area contributed by atoms with Gasteiger partial charge in [0, 0.05) is 31.5 Å². The lowest BCUT2D eigenvalue weighted by molar-refractivity contribution is 0.184. The van der Waals surface area contributed by atoms with Crippen LogP contribution in [0.4, 0.5) is 0 Å². The predicted octanol–water partition coefficient (Wildman–Crippen LogP) is 1.56. The molecule has 0 fully saturated rings. The van der Waals surface area contributed by atoms with E-state index < -0.39 is 0 Å². The summed E-state index contributed by atoms with van der Waals surface area (Å²) < 4.78 is 0. The average molecular weight is 220 g/mol. The number of nitrogens with zero attached hydrogens (tertiary/aromatic N) is 2. The summed E-state index contributed by atoms with van der Waals surface area (Å²) in [5.74, 6) is 0.485. The third-order valence-corrected chi connectivity index (χ3v) is 3.20. The van der Waals surface area contributed by atoms with Gasteiger partial charge in [0.15, 0.2) is 0 Å². The largest absolute Gasteiger partial charge is 0.395 e. The molecule has 1 N–H and O–H groups in total.